The van der Waals surface area contributed by atoms with Crippen LogP contribution in [0.5, 0.6) is 0 Å². The zero-order chi connectivity index (χ0) is 31.4. The van der Waals surface area contributed by atoms with Crippen molar-refractivity contribution >= 4 is 23.6 Å². The Morgan fingerprint density at radius 2 is 1.91 bits per heavy atom. The van der Waals surface area contributed by atoms with Gasteiger partial charge in [-0.05, 0) is 62.5 Å². The number of ether oxygens (including phenoxy) is 4. The van der Waals surface area contributed by atoms with Crippen LogP contribution in [0.15, 0.2) is 53.2 Å². The van der Waals surface area contributed by atoms with Gasteiger partial charge in [0.15, 0.2) is 13.6 Å². The number of aliphatic hydroxyl groups is 1. The van der Waals surface area contributed by atoms with E-state index in [1.54, 1.807) is 0 Å². The molecule has 0 radical (unpaired) electrons. The van der Waals surface area contributed by atoms with Gasteiger partial charge in [-0.2, -0.15) is 0 Å². The highest BCUT2D eigenvalue weighted by molar-refractivity contribution is 6.26. The van der Waals surface area contributed by atoms with Crippen LogP contribution in [0.2, 0.25) is 0 Å². The lowest BCUT2D eigenvalue weighted by Crippen LogP contribution is -2.71. The lowest BCUT2D eigenvalue weighted by Gasteiger charge is -2.64. The number of halogens is 1. The predicted octanol–water partition coefficient (Wildman–Crippen LogP) is 4.89. The smallest absolute Gasteiger partial charge is 0.227 e. The SMILES string of the molecule is C[C@@H]1C[C@H]2[C@@H]3CCC4=C/C(=N\OCCN)C=C[C@]4(C)[C@@]3(Cl)[C@@H](O)C[C@]2(C)[C@]12OCOC21COCO1.Cc1ccc(C=O)cc1. The van der Waals surface area contributed by atoms with Crippen LogP contribution in [-0.2, 0) is 23.8 Å². The number of carbonyl (C=O) groups excluding carboxylic acids is 1. The molecule has 1 aromatic rings. The molecule has 0 aromatic heterocycles. The number of alkyl halides is 1. The number of nitrogens with zero attached hydrogens (tertiary/aromatic N) is 1. The molecule has 9 nitrogen and oxygen atoms in total. The maximum atomic E-state index is 12.0. The summed E-state index contributed by atoms with van der Waals surface area (Å²) in [5.41, 5.74) is 7.81. The Balaban J connectivity index is 0.000000329. The highest BCUT2D eigenvalue weighted by atomic mass is 35.5. The van der Waals surface area contributed by atoms with Gasteiger partial charge >= 0.3 is 0 Å². The topological polar surface area (TPSA) is 122 Å². The number of hydrogen-bond acceptors (Lipinski definition) is 9. The van der Waals surface area contributed by atoms with Crippen molar-refractivity contribution in [3.8, 4) is 0 Å². The molecule has 2 spiro atoms. The molecule has 2 heterocycles. The van der Waals surface area contributed by atoms with Gasteiger partial charge in [0.05, 0.1) is 11.0 Å². The van der Waals surface area contributed by atoms with Gasteiger partial charge in [-0.15, -0.1) is 11.6 Å². The number of nitrogens with two attached hydrogens (primary N) is 1. The molecular formula is C34H45ClN2O7. The van der Waals surface area contributed by atoms with E-state index in [2.05, 4.69) is 38.1 Å². The summed E-state index contributed by atoms with van der Waals surface area (Å²) in [7, 11) is 0. The van der Waals surface area contributed by atoms with Crippen LogP contribution in [0.25, 0.3) is 0 Å². The Bertz CT molecular complexity index is 1340. The van der Waals surface area contributed by atoms with E-state index in [0.717, 1.165) is 36.8 Å². The fraction of sp³-hybridized carbons (Fsp3) is 0.647. The average molecular weight is 629 g/mol. The maximum absolute atomic E-state index is 12.0. The van der Waals surface area contributed by atoms with Crippen molar-refractivity contribution in [2.45, 2.75) is 75.7 Å². The Labute approximate surface area is 264 Å². The molecule has 0 bridgehead atoms. The molecule has 1 aromatic carbocycles. The molecule has 6 aliphatic rings. The molecule has 2 saturated heterocycles. The van der Waals surface area contributed by atoms with Crippen LogP contribution in [-0.4, -0.2) is 72.8 Å². The van der Waals surface area contributed by atoms with Crippen LogP contribution in [0.4, 0.5) is 0 Å². The van der Waals surface area contributed by atoms with E-state index in [1.807, 2.05) is 37.3 Å². The molecule has 4 aliphatic carbocycles. The van der Waals surface area contributed by atoms with Gasteiger partial charge in [0.1, 0.15) is 30.8 Å². The fourth-order valence-corrected chi connectivity index (χ4v) is 10.1. The van der Waals surface area contributed by atoms with E-state index in [4.69, 9.17) is 41.1 Å². The largest absolute Gasteiger partial charge is 0.394 e. The van der Waals surface area contributed by atoms with Gasteiger partial charge in [0.25, 0.3) is 0 Å². The Hall–Kier alpha value is -2.11. The molecule has 5 fully saturated rings. The van der Waals surface area contributed by atoms with E-state index >= 15 is 0 Å². The Morgan fingerprint density at radius 3 is 2.59 bits per heavy atom. The first-order valence-electron chi connectivity index (χ1n) is 15.7. The quantitative estimate of drug-likeness (QED) is 0.209. The number of allylic oxidation sites excluding steroid dienone is 4. The number of aliphatic hydroxyl groups excluding tert-OH is 1. The van der Waals surface area contributed by atoms with E-state index in [-0.39, 0.29) is 36.8 Å². The third kappa shape index (κ3) is 4.42. The molecule has 0 amide bonds. The summed E-state index contributed by atoms with van der Waals surface area (Å²) in [6, 6.07) is 7.46. The standard InChI is InChI=1S/C26H37ClN2O6.C8H8O/c1-16-10-20-19-5-4-17-11-18(29-35-9-8-28)6-7-22(17,2)25(19,27)21(30)12-23(20,3)26(16)24(33-15-34-26)13-31-14-32-24;1-7-2-4-8(6-9)5-3-7/h6-7,11,16,19-21,30H,4-5,8-10,12-15,28H2,1-3H3;2-6H,1H3/b29-18-;/t16-,19+,20+,21+,22+,23+,24?,25+,26-;/m1./s1. The molecule has 240 valence electrons. The molecule has 3 N–H and O–H groups in total. The van der Waals surface area contributed by atoms with Crippen molar-refractivity contribution in [2.75, 3.05) is 33.3 Å². The number of oxime groups is 1. The number of fused-ring (bicyclic) bond motifs is 7. The van der Waals surface area contributed by atoms with Crippen LogP contribution >= 0.6 is 11.6 Å². The summed E-state index contributed by atoms with van der Waals surface area (Å²) in [6.07, 6.45) is 9.48. The fourth-order valence-electron chi connectivity index (χ4n) is 9.62. The van der Waals surface area contributed by atoms with Crippen molar-refractivity contribution < 1.29 is 33.7 Å². The third-order valence-electron chi connectivity index (χ3n) is 11.6. The zero-order valence-corrected chi connectivity index (χ0v) is 26.8. The normalized spacial score (nSPS) is 44.5. The van der Waals surface area contributed by atoms with Gasteiger partial charge in [0.2, 0.25) is 5.79 Å². The minimum Gasteiger partial charge on any atom is -0.394 e. The van der Waals surface area contributed by atoms with Gasteiger partial charge in [-0.25, -0.2) is 0 Å². The molecule has 1 unspecified atom stereocenters. The molecular weight excluding hydrogens is 584 g/mol. The molecule has 3 saturated carbocycles. The van der Waals surface area contributed by atoms with Crippen LogP contribution in [0, 0.1) is 35.5 Å². The minimum atomic E-state index is -0.939. The second-order valence-corrected chi connectivity index (χ2v) is 14.3. The van der Waals surface area contributed by atoms with E-state index in [1.165, 1.54) is 11.1 Å². The third-order valence-corrected chi connectivity index (χ3v) is 12.5. The summed E-state index contributed by atoms with van der Waals surface area (Å²) in [6.45, 7) is 10.1. The van der Waals surface area contributed by atoms with Crippen LogP contribution in [0.3, 0.4) is 0 Å². The lowest BCUT2D eigenvalue weighted by atomic mass is 9.45. The minimum absolute atomic E-state index is 0.0992. The molecule has 44 heavy (non-hydrogen) atoms. The van der Waals surface area contributed by atoms with Crippen LogP contribution < -0.4 is 5.73 Å². The second kappa shape index (κ2) is 11.6. The summed E-state index contributed by atoms with van der Waals surface area (Å²) in [4.78, 5) is 14.6. The molecule has 7 rings (SSSR count). The number of carbonyl (C=O) groups is 1. The highest BCUT2D eigenvalue weighted by Crippen LogP contribution is 2.74. The van der Waals surface area contributed by atoms with Crippen molar-refractivity contribution in [3.63, 3.8) is 0 Å². The summed E-state index contributed by atoms with van der Waals surface area (Å²) >= 11 is 7.68. The first kappa shape index (κ1) is 31.9. The zero-order valence-electron chi connectivity index (χ0n) is 26.1. The van der Waals surface area contributed by atoms with Gasteiger partial charge in [-0.1, -0.05) is 67.4 Å². The van der Waals surface area contributed by atoms with Crippen molar-refractivity contribution in [2.24, 2.45) is 39.5 Å². The summed E-state index contributed by atoms with van der Waals surface area (Å²) in [5, 5.41) is 16.2. The summed E-state index contributed by atoms with van der Waals surface area (Å²) < 4.78 is 24.5. The number of benzene rings is 1. The molecule has 10 heteroatoms. The number of rotatable bonds is 4. The van der Waals surface area contributed by atoms with Gasteiger partial charge < -0.3 is 34.6 Å². The molecule has 2 aliphatic heterocycles. The second-order valence-electron chi connectivity index (χ2n) is 13.7. The predicted molar refractivity (Wildman–Crippen MR) is 166 cm³/mol. The monoisotopic (exact) mass is 628 g/mol. The number of aryl methyl sites for hydroxylation is 1. The van der Waals surface area contributed by atoms with Crippen molar-refractivity contribution in [3.05, 3.63) is 59.2 Å². The first-order valence-corrected chi connectivity index (χ1v) is 16.1. The Kier molecular flexibility index (Phi) is 8.40. The lowest BCUT2D eigenvalue weighted by molar-refractivity contribution is -0.264. The Morgan fingerprint density at radius 1 is 1.16 bits per heavy atom. The van der Waals surface area contributed by atoms with E-state index < -0.39 is 27.8 Å². The van der Waals surface area contributed by atoms with E-state index in [0.29, 0.717) is 26.2 Å². The first-order chi connectivity index (χ1) is 21.0. The average Bonchev–Trinajstić information content (AvgIpc) is 3.70. The van der Waals surface area contributed by atoms with Crippen molar-refractivity contribution in [1.82, 2.24) is 0 Å². The van der Waals surface area contributed by atoms with Crippen molar-refractivity contribution in [1.29, 1.82) is 0 Å². The number of aldehydes is 1. The molecule has 9 atom stereocenters. The van der Waals surface area contributed by atoms with E-state index in [9.17, 15) is 9.90 Å². The van der Waals surface area contributed by atoms with Gasteiger partial charge in [-0.3, -0.25) is 4.79 Å². The highest BCUT2D eigenvalue weighted by Gasteiger charge is 2.81. The maximum Gasteiger partial charge on any atom is 0.227 e. The number of hydrogen-bond donors (Lipinski definition) is 2. The van der Waals surface area contributed by atoms with Gasteiger partial charge in [0, 0.05) is 22.9 Å². The summed E-state index contributed by atoms with van der Waals surface area (Å²) in [5.74, 6) is -0.429. The van der Waals surface area contributed by atoms with Crippen LogP contribution in [0.1, 0.15) is 62.4 Å².